The molecular formula is C16H22ClN5S. The number of aromatic amines is 1. The number of H-pyrrole nitrogens is 1. The molecule has 1 N–H and O–H groups in total. The van der Waals surface area contributed by atoms with Gasteiger partial charge in [0.2, 0.25) is 0 Å². The van der Waals surface area contributed by atoms with Gasteiger partial charge in [-0.15, -0.1) is 0 Å². The minimum Gasteiger partial charge on any atom is -0.369 e. The summed E-state index contributed by atoms with van der Waals surface area (Å²) in [5.74, 6) is 1.05. The molecule has 2 heterocycles. The van der Waals surface area contributed by atoms with Gasteiger partial charge in [-0.2, -0.15) is 5.10 Å². The van der Waals surface area contributed by atoms with Gasteiger partial charge in [0.25, 0.3) is 0 Å². The summed E-state index contributed by atoms with van der Waals surface area (Å²) >= 11 is 11.2. The predicted octanol–water partition coefficient (Wildman–Crippen LogP) is 2.98. The topological polar surface area (TPSA) is 40.1 Å². The number of aromatic nitrogens is 3. The van der Waals surface area contributed by atoms with E-state index in [0.29, 0.717) is 0 Å². The summed E-state index contributed by atoms with van der Waals surface area (Å²) < 4.78 is 2.79. The van der Waals surface area contributed by atoms with Gasteiger partial charge in [0.1, 0.15) is 5.82 Å². The first-order valence-electron chi connectivity index (χ1n) is 8.04. The second kappa shape index (κ2) is 7.47. The highest BCUT2D eigenvalue weighted by Crippen LogP contribution is 2.19. The lowest BCUT2D eigenvalue weighted by Gasteiger charge is -2.36. The highest BCUT2D eigenvalue weighted by Gasteiger charge is 2.17. The minimum atomic E-state index is 0.718. The third-order valence-electron chi connectivity index (χ3n) is 4.37. The molecule has 1 aromatic carbocycles. The summed E-state index contributed by atoms with van der Waals surface area (Å²) in [7, 11) is 0. The molecule has 23 heavy (non-hydrogen) atoms. The number of piperazine rings is 1. The van der Waals surface area contributed by atoms with Crippen molar-refractivity contribution in [3.8, 4) is 0 Å². The molecule has 1 aromatic heterocycles. The smallest absolute Gasteiger partial charge is 0.195 e. The van der Waals surface area contributed by atoms with Crippen LogP contribution in [0.5, 0.6) is 0 Å². The second-order valence-corrected chi connectivity index (χ2v) is 6.57. The molecular weight excluding hydrogens is 330 g/mol. The zero-order valence-corrected chi connectivity index (χ0v) is 14.9. The van der Waals surface area contributed by atoms with E-state index in [1.165, 1.54) is 5.69 Å². The molecule has 7 heteroatoms. The summed E-state index contributed by atoms with van der Waals surface area (Å²) in [5.41, 5.74) is 1.25. The molecule has 0 spiro atoms. The Labute approximate surface area is 146 Å². The summed E-state index contributed by atoms with van der Waals surface area (Å²) in [4.78, 5) is 4.90. The van der Waals surface area contributed by atoms with Crippen molar-refractivity contribution in [3.63, 3.8) is 0 Å². The molecule has 1 fully saturated rings. The van der Waals surface area contributed by atoms with Crippen LogP contribution in [0, 0.1) is 4.77 Å². The van der Waals surface area contributed by atoms with Crippen LogP contribution in [0.4, 0.5) is 5.69 Å². The molecule has 124 valence electrons. The molecule has 5 nitrogen and oxygen atoms in total. The Morgan fingerprint density at radius 1 is 1.17 bits per heavy atom. The summed E-state index contributed by atoms with van der Waals surface area (Å²) in [5, 5.41) is 8.01. The number of nitrogens with zero attached hydrogens (tertiary/aromatic N) is 4. The molecule has 0 unspecified atom stereocenters. The van der Waals surface area contributed by atoms with Gasteiger partial charge < -0.3 is 9.47 Å². The molecule has 1 aliphatic heterocycles. The Balaban J connectivity index is 1.51. The van der Waals surface area contributed by atoms with Crippen LogP contribution in [-0.2, 0) is 13.0 Å². The van der Waals surface area contributed by atoms with Crippen LogP contribution >= 0.6 is 23.8 Å². The highest BCUT2D eigenvalue weighted by molar-refractivity contribution is 7.71. The van der Waals surface area contributed by atoms with E-state index < -0.39 is 0 Å². The van der Waals surface area contributed by atoms with E-state index in [2.05, 4.69) is 43.6 Å². The van der Waals surface area contributed by atoms with Crippen LogP contribution in [-0.4, -0.2) is 52.4 Å². The Morgan fingerprint density at radius 2 is 1.87 bits per heavy atom. The van der Waals surface area contributed by atoms with Gasteiger partial charge in [0.05, 0.1) is 0 Å². The van der Waals surface area contributed by atoms with E-state index in [0.717, 1.165) is 61.3 Å². The molecule has 2 aromatic rings. The van der Waals surface area contributed by atoms with Gasteiger partial charge in [0.15, 0.2) is 4.77 Å². The van der Waals surface area contributed by atoms with E-state index in [1.54, 1.807) is 0 Å². The molecule has 0 aliphatic carbocycles. The Morgan fingerprint density at radius 3 is 2.52 bits per heavy atom. The summed E-state index contributed by atoms with van der Waals surface area (Å²) in [6.45, 7) is 8.22. The largest absolute Gasteiger partial charge is 0.369 e. The summed E-state index contributed by atoms with van der Waals surface area (Å²) in [6.07, 6.45) is 0.932. The number of anilines is 1. The number of rotatable bonds is 5. The van der Waals surface area contributed by atoms with Crippen molar-refractivity contribution in [2.75, 3.05) is 37.6 Å². The normalized spacial score (nSPS) is 16.0. The Kier molecular flexibility index (Phi) is 5.35. The van der Waals surface area contributed by atoms with E-state index in [1.807, 2.05) is 12.1 Å². The van der Waals surface area contributed by atoms with Crippen LogP contribution in [0.3, 0.4) is 0 Å². The molecule has 0 atom stereocenters. The number of benzene rings is 1. The van der Waals surface area contributed by atoms with Gasteiger partial charge in [-0.1, -0.05) is 11.6 Å². The fourth-order valence-electron chi connectivity index (χ4n) is 3.01. The van der Waals surface area contributed by atoms with Crippen molar-refractivity contribution in [2.24, 2.45) is 0 Å². The van der Waals surface area contributed by atoms with Crippen LogP contribution < -0.4 is 4.90 Å². The van der Waals surface area contributed by atoms with Crippen LogP contribution in [0.1, 0.15) is 12.7 Å². The third kappa shape index (κ3) is 3.94. The number of hydrogen-bond donors (Lipinski definition) is 1. The van der Waals surface area contributed by atoms with E-state index in [4.69, 9.17) is 23.8 Å². The van der Waals surface area contributed by atoms with E-state index in [-0.39, 0.29) is 0 Å². The van der Waals surface area contributed by atoms with Crippen molar-refractivity contribution >= 4 is 29.5 Å². The molecule has 0 saturated carbocycles. The number of hydrogen-bond acceptors (Lipinski definition) is 4. The average molecular weight is 352 g/mol. The van der Waals surface area contributed by atoms with Crippen molar-refractivity contribution < 1.29 is 0 Å². The van der Waals surface area contributed by atoms with E-state index in [9.17, 15) is 0 Å². The summed E-state index contributed by atoms with van der Waals surface area (Å²) in [6, 6.07) is 8.10. The molecule has 0 amide bonds. The van der Waals surface area contributed by atoms with Gasteiger partial charge in [-0.3, -0.25) is 10.00 Å². The van der Waals surface area contributed by atoms with E-state index >= 15 is 0 Å². The first kappa shape index (κ1) is 16.5. The quantitative estimate of drug-likeness (QED) is 0.841. The highest BCUT2D eigenvalue weighted by atomic mass is 35.5. The molecule has 3 rings (SSSR count). The predicted molar refractivity (Wildman–Crippen MR) is 96.9 cm³/mol. The van der Waals surface area contributed by atoms with Gasteiger partial charge in [-0.25, -0.2) is 0 Å². The maximum absolute atomic E-state index is 5.96. The van der Waals surface area contributed by atoms with Gasteiger partial charge in [0, 0.05) is 56.4 Å². The van der Waals surface area contributed by atoms with Crippen LogP contribution in [0.2, 0.25) is 5.02 Å². The first-order valence-corrected chi connectivity index (χ1v) is 8.83. The maximum atomic E-state index is 5.96. The standard InChI is InChI=1S/C16H22ClN5S/c1-2-22-15(18-19-16(22)23)7-8-20-9-11-21(12-10-20)14-5-3-13(17)4-6-14/h3-6H,2,7-12H2,1H3,(H,19,23). The number of nitrogens with one attached hydrogen (secondary N) is 1. The monoisotopic (exact) mass is 351 g/mol. The first-order chi connectivity index (χ1) is 11.2. The van der Waals surface area contributed by atoms with Gasteiger partial charge >= 0.3 is 0 Å². The maximum Gasteiger partial charge on any atom is 0.195 e. The van der Waals surface area contributed by atoms with Crippen LogP contribution in [0.15, 0.2) is 24.3 Å². The average Bonchev–Trinajstić information content (AvgIpc) is 2.94. The zero-order chi connectivity index (χ0) is 16.2. The second-order valence-electron chi connectivity index (χ2n) is 5.74. The molecule has 1 saturated heterocycles. The molecule has 0 bridgehead atoms. The fraction of sp³-hybridized carbons (Fsp3) is 0.500. The van der Waals surface area contributed by atoms with Crippen molar-refractivity contribution in [2.45, 2.75) is 19.9 Å². The van der Waals surface area contributed by atoms with Crippen molar-refractivity contribution in [1.82, 2.24) is 19.7 Å². The number of halogens is 1. The molecule has 1 aliphatic rings. The Bertz CT molecular complexity index is 685. The lowest BCUT2D eigenvalue weighted by atomic mass is 10.2. The van der Waals surface area contributed by atoms with Crippen molar-refractivity contribution in [3.05, 3.63) is 39.9 Å². The molecule has 0 radical (unpaired) electrons. The Hall–Kier alpha value is -1.37. The van der Waals surface area contributed by atoms with Crippen LogP contribution in [0.25, 0.3) is 0 Å². The fourth-order valence-corrected chi connectivity index (χ4v) is 3.41. The zero-order valence-electron chi connectivity index (χ0n) is 13.3. The van der Waals surface area contributed by atoms with Crippen molar-refractivity contribution in [1.29, 1.82) is 0 Å². The third-order valence-corrected chi connectivity index (χ3v) is 4.93. The van der Waals surface area contributed by atoms with Gasteiger partial charge in [-0.05, 0) is 43.4 Å². The lowest BCUT2D eigenvalue weighted by Crippen LogP contribution is -2.47. The minimum absolute atomic E-state index is 0.718. The lowest BCUT2D eigenvalue weighted by molar-refractivity contribution is 0.258. The SMILES string of the molecule is CCn1c(CCN2CCN(c3ccc(Cl)cc3)CC2)n[nH]c1=S.